The molecule has 7 heteroatoms. The summed E-state index contributed by atoms with van der Waals surface area (Å²) in [5, 5.41) is 2.56. The van der Waals surface area contributed by atoms with E-state index in [1.807, 2.05) is 17.3 Å². The normalized spacial score (nSPS) is 17.8. The van der Waals surface area contributed by atoms with Crippen molar-refractivity contribution in [2.24, 2.45) is 0 Å². The van der Waals surface area contributed by atoms with Crippen molar-refractivity contribution in [1.82, 2.24) is 24.7 Å². The van der Waals surface area contributed by atoms with E-state index in [1.165, 1.54) is 0 Å². The fourth-order valence-electron chi connectivity index (χ4n) is 3.34. The fraction of sp³-hybridized carbons (Fsp3) is 0.722. The molecule has 1 saturated heterocycles. The summed E-state index contributed by atoms with van der Waals surface area (Å²) in [6.45, 7) is 3.49. The van der Waals surface area contributed by atoms with Crippen LogP contribution in [0, 0.1) is 0 Å². The number of likely N-dealkylation sites (tertiary alicyclic amines) is 1. The Balaban J connectivity index is 1.91. The maximum Gasteiger partial charge on any atom is 0.223 e. The predicted molar refractivity (Wildman–Crippen MR) is 97.3 cm³/mol. The van der Waals surface area contributed by atoms with E-state index in [1.54, 1.807) is 7.05 Å². The Labute approximate surface area is 150 Å². The monoisotopic (exact) mass is 349 g/mol. The van der Waals surface area contributed by atoms with E-state index in [9.17, 15) is 9.59 Å². The lowest BCUT2D eigenvalue weighted by Crippen LogP contribution is -2.40. The molecule has 1 fully saturated rings. The zero-order valence-electron chi connectivity index (χ0n) is 15.7. The molecule has 1 aliphatic heterocycles. The topological polar surface area (TPSA) is 70.5 Å². The minimum atomic E-state index is -0.0849. The lowest BCUT2D eigenvalue weighted by molar-refractivity contribution is -0.134. The molecule has 0 saturated carbocycles. The molecule has 2 amide bonds. The van der Waals surface area contributed by atoms with Gasteiger partial charge in [-0.1, -0.05) is 0 Å². The summed E-state index contributed by atoms with van der Waals surface area (Å²) in [7, 11) is 5.76. The van der Waals surface area contributed by atoms with Gasteiger partial charge >= 0.3 is 0 Å². The second-order valence-electron chi connectivity index (χ2n) is 6.99. The Morgan fingerprint density at radius 1 is 1.36 bits per heavy atom. The molecule has 1 aliphatic rings. The van der Waals surface area contributed by atoms with Crippen molar-refractivity contribution in [2.75, 3.05) is 40.8 Å². The summed E-state index contributed by atoms with van der Waals surface area (Å²) in [6.07, 6.45) is 7.57. The lowest BCUT2D eigenvalue weighted by atomic mass is 9.96. The third-order valence-corrected chi connectivity index (χ3v) is 4.74. The standard InChI is InChI=1S/C18H31N5O2/c1-19-16(24)7-8-17(25)23-11-4-6-15(14-23)18-20-9-13-22(18)12-5-10-21(2)3/h9,13,15H,4-8,10-12,14H2,1-3H3,(H,19,24)/t15-/m1/s1. The van der Waals surface area contributed by atoms with Crippen LogP contribution in [0.15, 0.2) is 12.4 Å². The van der Waals surface area contributed by atoms with Gasteiger partial charge in [-0.3, -0.25) is 9.59 Å². The van der Waals surface area contributed by atoms with Crippen molar-refractivity contribution in [1.29, 1.82) is 0 Å². The van der Waals surface area contributed by atoms with Crippen LogP contribution >= 0.6 is 0 Å². The first kappa shape index (κ1) is 19.4. The van der Waals surface area contributed by atoms with E-state index >= 15 is 0 Å². The molecule has 1 aromatic rings. The number of carbonyl (C=O) groups excluding carboxylic acids is 2. The van der Waals surface area contributed by atoms with Crippen LogP contribution in [0.1, 0.15) is 43.8 Å². The SMILES string of the molecule is CNC(=O)CCC(=O)N1CCC[C@@H](c2nccn2CCCN(C)C)C1. The number of nitrogens with zero attached hydrogens (tertiary/aromatic N) is 4. The first-order valence-electron chi connectivity index (χ1n) is 9.15. The van der Waals surface area contributed by atoms with Crippen LogP contribution in [0.4, 0.5) is 0 Å². The largest absolute Gasteiger partial charge is 0.359 e. The van der Waals surface area contributed by atoms with Gasteiger partial charge in [-0.25, -0.2) is 4.98 Å². The third kappa shape index (κ3) is 5.85. The van der Waals surface area contributed by atoms with Gasteiger partial charge in [0.1, 0.15) is 5.82 Å². The van der Waals surface area contributed by atoms with E-state index in [0.717, 1.165) is 44.7 Å². The van der Waals surface area contributed by atoms with Gasteiger partial charge in [-0.15, -0.1) is 0 Å². The molecule has 2 heterocycles. The molecule has 140 valence electrons. The predicted octanol–water partition coefficient (Wildman–Crippen LogP) is 1.07. The summed E-state index contributed by atoms with van der Waals surface area (Å²) in [4.78, 5) is 32.4. The van der Waals surface area contributed by atoms with E-state index in [0.29, 0.717) is 6.54 Å². The van der Waals surface area contributed by atoms with E-state index in [4.69, 9.17) is 0 Å². The van der Waals surface area contributed by atoms with Crippen molar-refractivity contribution < 1.29 is 9.59 Å². The van der Waals surface area contributed by atoms with Gasteiger partial charge in [0, 0.05) is 57.8 Å². The number of nitrogens with one attached hydrogen (secondary N) is 1. The molecule has 1 aromatic heterocycles. The first-order valence-corrected chi connectivity index (χ1v) is 9.15. The lowest BCUT2D eigenvalue weighted by Gasteiger charge is -2.32. The minimum absolute atomic E-state index is 0.0685. The molecule has 0 aliphatic carbocycles. The molecule has 1 atom stereocenters. The van der Waals surface area contributed by atoms with Gasteiger partial charge < -0.3 is 19.7 Å². The van der Waals surface area contributed by atoms with Crippen LogP contribution in [-0.2, 0) is 16.1 Å². The van der Waals surface area contributed by atoms with Gasteiger partial charge in [0.25, 0.3) is 0 Å². The Morgan fingerprint density at radius 3 is 2.88 bits per heavy atom. The van der Waals surface area contributed by atoms with Crippen molar-refractivity contribution in [3.63, 3.8) is 0 Å². The fourth-order valence-corrected chi connectivity index (χ4v) is 3.34. The summed E-state index contributed by atoms with van der Waals surface area (Å²) in [5.41, 5.74) is 0. The quantitative estimate of drug-likeness (QED) is 0.762. The number of piperidine rings is 1. The number of hydrogen-bond acceptors (Lipinski definition) is 4. The van der Waals surface area contributed by atoms with Crippen LogP contribution < -0.4 is 5.32 Å². The smallest absolute Gasteiger partial charge is 0.223 e. The summed E-state index contributed by atoms with van der Waals surface area (Å²) in [6, 6.07) is 0. The van der Waals surface area contributed by atoms with Gasteiger partial charge in [-0.05, 0) is 39.9 Å². The van der Waals surface area contributed by atoms with Gasteiger partial charge in [0.2, 0.25) is 11.8 Å². The number of hydrogen-bond donors (Lipinski definition) is 1. The van der Waals surface area contributed by atoms with Crippen molar-refractivity contribution in [3.05, 3.63) is 18.2 Å². The molecule has 0 bridgehead atoms. The van der Waals surface area contributed by atoms with E-state index in [-0.39, 0.29) is 30.6 Å². The Morgan fingerprint density at radius 2 is 2.16 bits per heavy atom. The maximum atomic E-state index is 12.4. The Kier molecular flexibility index (Phi) is 7.43. The second kappa shape index (κ2) is 9.56. The molecule has 2 rings (SSSR count). The number of amides is 2. The first-order chi connectivity index (χ1) is 12.0. The van der Waals surface area contributed by atoms with Gasteiger partial charge in [-0.2, -0.15) is 0 Å². The molecule has 1 N–H and O–H groups in total. The average Bonchev–Trinajstić information content (AvgIpc) is 3.07. The highest BCUT2D eigenvalue weighted by Gasteiger charge is 2.27. The van der Waals surface area contributed by atoms with Gasteiger partial charge in [0.05, 0.1) is 0 Å². The van der Waals surface area contributed by atoms with Crippen LogP contribution in [0.5, 0.6) is 0 Å². The highest BCUT2D eigenvalue weighted by molar-refractivity contribution is 5.83. The van der Waals surface area contributed by atoms with E-state index < -0.39 is 0 Å². The van der Waals surface area contributed by atoms with Crippen molar-refractivity contribution >= 4 is 11.8 Å². The number of carbonyl (C=O) groups is 2. The maximum absolute atomic E-state index is 12.4. The summed E-state index contributed by atoms with van der Waals surface area (Å²) in [5.74, 6) is 1.35. The molecule has 0 aromatic carbocycles. The molecule has 0 radical (unpaired) electrons. The Hall–Kier alpha value is -1.89. The van der Waals surface area contributed by atoms with Crippen LogP contribution in [0.3, 0.4) is 0 Å². The highest BCUT2D eigenvalue weighted by Crippen LogP contribution is 2.26. The number of rotatable bonds is 8. The minimum Gasteiger partial charge on any atom is -0.359 e. The third-order valence-electron chi connectivity index (χ3n) is 4.74. The Bertz CT molecular complexity index is 570. The summed E-state index contributed by atoms with van der Waals surface area (Å²) < 4.78 is 2.23. The number of aryl methyl sites for hydroxylation is 1. The molecule has 0 spiro atoms. The van der Waals surface area contributed by atoms with Crippen LogP contribution in [0.25, 0.3) is 0 Å². The van der Waals surface area contributed by atoms with Gasteiger partial charge in [0.15, 0.2) is 0 Å². The van der Waals surface area contributed by atoms with E-state index in [2.05, 4.69) is 33.9 Å². The molecule has 0 unspecified atom stereocenters. The molecular formula is C18H31N5O2. The number of imidazole rings is 1. The highest BCUT2D eigenvalue weighted by atomic mass is 16.2. The average molecular weight is 349 g/mol. The van der Waals surface area contributed by atoms with Crippen molar-refractivity contribution in [3.8, 4) is 0 Å². The molecule has 25 heavy (non-hydrogen) atoms. The van der Waals surface area contributed by atoms with Crippen LogP contribution in [-0.4, -0.2) is 71.9 Å². The molecule has 7 nitrogen and oxygen atoms in total. The number of aromatic nitrogens is 2. The molecular weight excluding hydrogens is 318 g/mol. The zero-order chi connectivity index (χ0) is 18.2. The summed E-state index contributed by atoms with van der Waals surface area (Å²) >= 11 is 0. The zero-order valence-corrected chi connectivity index (χ0v) is 15.7. The second-order valence-corrected chi connectivity index (χ2v) is 6.99. The van der Waals surface area contributed by atoms with Crippen molar-refractivity contribution in [2.45, 2.75) is 44.6 Å². The van der Waals surface area contributed by atoms with Crippen LogP contribution in [0.2, 0.25) is 0 Å².